The molecule has 4 heterocycles. The Kier molecular flexibility index (Phi) is 6.59. The number of carbonyl (C=O) groups excluding carboxylic acids is 2. The molecule has 0 atom stereocenters. The van der Waals surface area contributed by atoms with Gasteiger partial charge in [0.05, 0.1) is 11.7 Å². The topological polar surface area (TPSA) is 89.4 Å². The number of hydrogen-bond donors (Lipinski definition) is 1. The Labute approximate surface area is 200 Å². The van der Waals surface area contributed by atoms with Crippen LogP contribution >= 0.6 is 0 Å². The molecule has 8 heteroatoms. The number of hydrogen-bond acceptors (Lipinski definition) is 5. The van der Waals surface area contributed by atoms with Gasteiger partial charge in [-0.1, -0.05) is 0 Å². The zero-order chi connectivity index (χ0) is 24.5. The van der Waals surface area contributed by atoms with E-state index in [1.807, 2.05) is 45.2 Å². The number of amides is 2. The molecule has 0 aromatic carbocycles. The van der Waals surface area contributed by atoms with Gasteiger partial charge in [-0.05, 0) is 71.2 Å². The van der Waals surface area contributed by atoms with Gasteiger partial charge < -0.3 is 19.5 Å². The lowest BCUT2D eigenvalue weighted by molar-refractivity contribution is -0.121. The quantitative estimate of drug-likeness (QED) is 0.570. The second-order valence-corrected chi connectivity index (χ2v) is 10.1. The predicted octanol–water partition coefficient (Wildman–Crippen LogP) is 5.26. The van der Waals surface area contributed by atoms with E-state index in [0.29, 0.717) is 37.8 Å². The van der Waals surface area contributed by atoms with Crippen LogP contribution in [0.25, 0.3) is 22.0 Å². The SMILES string of the molecule is CC(C)n1cc(-c2ccnc(NC(=O)C3CCN(C(=O)OC(C)(C)C)CC3)c2)c2ccncc21. The summed E-state index contributed by atoms with van der Waals surface area (Å²) in [5.74, 6) is 0.289. The van der Waals surface area contributed by atoms with Crippen LogP contribution in [0.1, 0.15) is 53.5 Å². The molecule has 1 N–H and O–H groups in total. The molecule has 0 radical (unpaired) electrons. The maximum absolute atomic E-state index is 12.9. The molecular formula is C26H33N5O3. The van der Waals surface area contributed by atoms with Crippen LogP contribution in [0.2, 0.25) is 0 Å². The summed E-state index contributed by atoms with van der Waals surface area (Å²) in [7, 11) is 0. The molecular weight excluding hydrogens is 430 g/mol. The first-order valence-corrected chi connectivity index (χ1v) is 11.8. The third-order valence-electron chi connectivity index (χ3n) is 6.03. The average Bonchev–Trinajstić information content (AvgIpc) is 3.18. The molecule has 0 saturated carbocycles. The summed E-state index contributed by atoms with van der Waals surface area (Å²) in [6.07, 6.45) is 8.40. The first kappa shape index (κ1) is 23.7. The number of piperidine rings is 1. The molecule has 1 fully saturated rings. The first-order valence-electron chi connectivity index (χ1n) is 11.8. The fourth-order valence-electron chi connectivity index (χ4n) is 4.30. The second kappa shape index (κ2) is 9.44. The third kappa shape index (κ3) is 5.21. The zero-order valence-corrected chi connectivity index (χ0v) is 20.5. The van der Waals surface area contributed by atoms with Crippen molar-refractivity contribution in [1.29, 1.82) is 0 Å². The van der Waals surface area contributed by atoms with Crippen molar-refractivity contribution in [3.63, 3.8) is 0 Å². The highest BCUT2D eigenvalue weighted by molar-refractivity contribution is 5.97. The standard InChI is InChI=1S/C26H33N5O3/c1-17(2)31-16-21(20-7-10-27-15-22(20)31)19-6-11-28-23(14-19)29-24(32)18-8-12-30(13-9-18)25(33)34-26(3,4)5/h6-7,10-11,14-18H,8-9,12-13H2,1-5H3,(H,28,29,32). The highest BCUT2D eigenvalue weighted by Gasteiger charge is 2.30. The van der Waals surface area contributed by atoms with Crippen molar-refractivity contribution in [2.45, 2.75) is 59.1 Å². The molecule has 0 aliphatic carbocycles. The van der Waals surface area contributed by atoms with Gasteiger partial charge in [0, 0.05) is 54.6 Å². The minimum atomic E-state index is -0.528. The lowest BCUT2D eigenvalue weighted by Crippen LogP contribution is -2.43. The van der Waals surface area contributed by atoms with E-state index >= 15 is 0 Å². The minimum Gasteiger partial charge on any atom is -0.444 e. The number of fused-ring (bicyclic) bond motifs is 1. The van der Waals surface area contributed by atoms with E-state index < -0.39 is 5.60 Å². The molecule has 0 spiro atoms. The summed E-state index contributed by atoms with van der Waals surface area (Å²) in [5.41, 5.74) is 2.61. The van der Waals surface area contributed by atoms with Crippen molar-refractivity contribution in [2.75, 3.05) is 18.4 Å². The fraction of sp³-hybridized carbons (Fsp3) is 0.462. The number of nitrogens with one attached hydrogen (secondary N) is 1. The van der Waals surface area contributed by atoms with Gasteiger partial charge in [-0.15, -0.1) is 0 Å². The Morgan fingerprint density at radius 3 is 2.56 bits per heavy atom. The number of anilines is 1. The van der Waals surface area contributed by atoms with Crippen molar-refractivity contribution in [1.82, 2.24) is 19.4 Å². The fourth-order valence-corrected chi connectivity index (χ4v) is 4.30. The molecule has 180 valence electrons. The molecule has 1 aliphatic rings. The van der Waals surface area contributed by atoms with Crippen LogP contribution in [-0.2, 0) is 9.53 Å². The molecule has 3 aromatic rings. The van der Waals surface area contributed by atoms with Gasteiger partial charge in [-0.25, -0.2) is 9.78 Å². The van der Waals surface area contributed by atoms with Gasteiger partial charge in [0.25, 0.3) is 0 Å². The number of aromatic nitrogens is 3. The molecule has 3 aromatic heterocycles. The van der Waals surface area contributed by atoms with E-state index in [2.05, 4.69) is 39.9 Å². The zero-order valence-electron chi connectivity index (χ0n) is 20.5. The predicted molar refractivity (Wildman–Crippen MR) is 133 cm³/mol. The molecule has 1 saturated heterocycles. The number of ether oxygens (including phenoxy) is 1. The van der Waals surface area contributed by atoms with Crippen LogP contribution in [0, 0.1) is 5.92 Å². The molecule has 0 bridgehead atoms. The molecule has 4 rings (SSSR count). The van der Waals surface area contributed by atoms with Crippen molar-refractivity contribution in [3.05, 3.63) is 43.0 Å². The molecule has 8 nitrogen and oxygen atoms in total. The Balaban J connectivity index is 1.45. The van der Waals surface area contributed by atoms with Gasteiger partial charge >= 0.3 is 6.09 Å². The van der Waals surface area contributed by atoms with Gasteiger partial charge in [0.2, 0.25) is 5.91 Å². The lowest BCUT2D eigenvalue weighted by Gasteiger charge is -2.32. The van der Waals surface area contributed by atoms with E-state index in [4.69, 9.17) is 4.74 Å². The Morgan fingerprint density at radius 2 is 1.88 bits per heavy atom. The summed E-state index contributed by atoms with van der Waals surface area (Å²) < 4.78 is 7.64. The van der Waals surface area contributed by atoms with E-state index in [9.17, 15) is 9.59 Å². The molecule has 1 aliphatic heterocycles. The summed E-state index contributed by atoms with van der Waals surface area (Å²) in [6, 6.07) is 6.18. The van der Waals surface area contributed by atoms with Gasteiger partial charge in [0.1, 0.15) is 11.4 Å². The monoisotopic (exact) mass is 463 g/mol. The maximum atomic E-state index is 12.9. The van der Waals surface area contributed by atoms with Crippen molar-refractivity contribution < 1.29 is 14.3 Å². The average molecular weight is 464 g/mol. The summed E-state index contributed by atoms with van der Waals surface area (Å²) in [6.45, 7) is 10.8. The third-order valence-corrected chi connectivity index (χ3v) is 6.03. The Morgan fingerprint density at radius 1 is 1.15 bits per heavy atom. The highest BCUT2D eigenvalue weighted by atomic mass is 16.6. The van der Waals surface area contributed by atoms with E-state index in [0.717, 1.165) is 22.0 Å². The summed E-state index contributed by atoms with van der Waals surface area (Å²) >= 11 is 0. The van der Waals surface area contributed by atoms with Gasteiger partial charge in [0.15, 0.2) is 0 Å². The normalized spacial score (nSPS) is 15.1. The Hall–Kier alpha value is -3.42. The van der Waals surface area contributed by atoms with Crippen LogP contribution < -0.4 is 5.32 Å². The van der Waals surface area contributed by atoms with E-state index in [1.165, 1.54) is 0 Å². The number of nitrogens with zero attached hydrogens (tertiary/aromatic N) is 4. The maximum Gasteiger partial charge on any atom is 0.410 e. The summed E-state index contributed by atoms with van der Waals surface area (Å²) in [4.78, 5) is 35.5. The smallest absolute Gasteiger partial charge is 0.410 e. The largest absolute Gasteiger partial charge is 0.444 e. The minimum absolute atomic E-state index is 0.0673. The number of carbonyl (C=O) groups is 2. The summed E-state index contributed by atoms with van der Waals surface area (Å²) in [5, 5.41) is 4.09. The van der Waals surface area contributed by atoms with Crippen LogP contribution in [0.4, 0.5) is 10.6 Å². The Bertz CT molecular complexity index is 1190. The lowest BCUT2D eigenvalue weighted by atomic mass is 9.96. The van der Waals surface area contributed by atoms with Crippen molar-refractivity contribution in [3.8, 4) is 11.1 Å². The van der Waals surface area contributed by atoms with Crippen LogP contribution in [-0.4, -0.2) is 50.1 Å². The van der Waals surface area contributed by atoms with Crippen LogP contribution in [0.15, 0.2) is 43.0 Å². The van der Waals surface area contributed by atoms with Crippen molar-refractivity contribution >= 4 is 28.7 Å². The molecule has 0 unspecified atom stereocenters. The number of rotatable bonds is 4. The number of likely N-dealkylation sites (tertiary alicyclic amines) is 1. The van der Waals surface area contributed by atoms with Crippen LogP contribution in [0.5, 0.6) is 0 Å². The first-order chi connectivity index (χ1) is 16.1. The highest BCUT2D eigenvalue weighted by Crippen LogP contribution is 2.33. The molecule has 2 amide bonds. The van der Waals surface area contributed by atoms with Crippen LogP contribution in [0.3, 0.4) is 0 Å². The van der Waals surface area contributed by atoms with Crippen molar-refractivity contribution in [2.24, 2.45) is 5.92 Å². The van der Waals surface area contributed by atoms with Gasteiger partial charge in [-0.3, -0.25) is 9.78 Å². The second-order valence-electron chi connectivity index (χ2n) is 10.1. The van der Waals surface area contributed by atoms with Gasteiger partial charge in [-0.2, -0.15) is 0 Å². The number of pyridine rings is 2. The van der Waals surface area contributed by atoms with E-state index in [1.54, 1.807) is 17.3 Å². The van der Waals surface area contributed by atoms with E-state index in [-0.39, 0.29) is 17.9 Å². The molecule has 34 heavy (non-hydrogen) atoms.